The van der Waals surface area contributed by atoms with Crippen LogP contribution in [0.3, 0.4) is 0 Å². The second-order valence-corrected chi connectivity index (χ2v) is 6.73. The van der Waals surface area contributed by atoms with Gasteiger partial charge in [0.2, 0.25) is 5.78 Å². The van der Waals surface area contributed by atoms with Crippen LogP contribution in [0.5, 0.6) is 11.5 Å². The van der Waals surface area contributed by atoms with Crippen molar-refractivity contribution in [3.05, 3.63) is 88.9 Å². The molecule has 4 nitrogen and oxygen atoms in total. The maximum Gasteiger partial charge on any atom is 0.205 e. The Kier molecular flexibility index (Phi) is 4.73. The maximum atomic E-state index is 13.1. The minimum Gasteiger partial charge on any atom is -0.497 e. The Hall–Kier alpha value is -2.98. The van der Waals surface area contributed by atoms with Crippen molar-refractivity contribution in [3.8, 4) is 11.5 Å². The Labute approximate surface area is 162 Å². The third-order valence-corrected chi connectivity index (χ3v) is 4.86. The zero-order chi connectivity index (χ0) is 18.8. The molecule has 0 spiro atoms. The molecule has 2 atom stereocenters. The Bertz CT molecular complexity index is 954. The number of fused-ring (bicyclic) bond motifs is 1. The van der Waals surface area contributed by atoms with Crippen molar-refractivity contribution in [1.82, 2.24) is 0 Å². The Morgan fingerprint density at radius 1 is 1.00 bits per heavy atom. The molecular weight excluding hydrogens is 362 g/mol. The van der Waals surface area contributed by atoms with Crippen LogP contribution in [0, 0.1) is 0 Å². The van der Waals surface area contributed by atoms with E-state index in [9.17, 15) is 4.79 Å². The molecule has 0 saturated heterocycles. The SMILES string of the molecule is COc1ccc(NC2c3ccccc3OC2C(=O)c2ccc(Cl)cc2)cc1. The highest BCUT2D eigenvalue weighted by Crippen LogP contribution is 2.40. The quantitative estimate of drug-likeness (QED) is 0.623. The Morgan fingerprint density at radius 2 is 1.70 bits per heavy atom. The average molecular weight is 380 g/mol. The number of methoxy groups -OCH3 is 1. The summed E-state index contributed by atoms with van der Waals surface area (Å²) in [5, 5.41) is 4.03. The van der Waals surface area contributed by atoms with Gasteiger partial charge in [0.25, 0.3) is 0 Å². The van der Waals surface area contributed by atoms with Gasteiger partial charge in [0, 0.05) is 21.8 Å². The molecule has 0 saturated carbocycles. The van der Waals surface area contributed by atoms with Gasteiger partial charge in [-0.25, -0.2) is 0 Å². The molecule has 1 aliphatic rings. The number of rotatable bonds is 5. The van der Waals surface area contributed by atoms with Crippen LogP contribution in [0.2, 0.25) is 5.02 Å². The number of ketones is 1. The summed E-state index contributed by atoms with van der Waals surface area (Å²) in [7, 11) is 1.63. The number of anilines is 1. The van der Waals surface area contributed by atoms with Crippen LogP contribution >= 0.6 is 11.6 Å². The number of benzene rings is 3. The fourth-order valence-corrected chi connectivity index (χ4v) is 3.34. The monoisotopic (exact) mass is 379 g/mol. The lowest BCUT2D eigenvalue weighted by molar-refractivity contribution is 0.0802. The Balaban J connectivity index is 1.65. The van der Waals surface area contributed by atoms with Crippen molar-refractivity contribution in [2.45, 2.75) is 12.1 Å². The summed E-state index contributed by atoms with van der Waals surface area (Å²) in [5.74, 6) is 1.40. The lowest BCUT2D eigenvalue weighted by atomic mass is 9.96. The summed E-state index contributed by atoms with van der Waals surface area (Å²) >= 11 is 5.94. The van der Waals surface area contributed by atoms with E-state index in [4.69, 9.17) is 21.1 Å². The fourth-order valence-electron chi connectivity index (χ4n) is 3.22. The summed E-state index contributed by atoms with van der Waals surface area (Å²) in [6, 6.07) is 21.9. The lowest BCUT2D eigenvalue weighted by Crippen LogP contribution is -2.33. The molecule has 1 N–H and O–H groups in total. The molecule has 0 fully saturated rings. The molecule has 5 heteroatoms. The molecule has 1 aliphatic heterocycles. The van der Waals surface area contributed by atoms with Crippen molar-refractivity contribution >= 4 is 23.1 Å². The van der Waals surface area contributed by atoms with E-state index < -0.39 is 6.10 Å². The smallest absolute Gasteiger partial charge is 0.205 e. The van der Waals surface area contributed by atoms with Gasteiger partial charge in [-0.3, -0.25) is 4.79 Å². The van der Waals surface area contributed by atoms with Crippen LogP contribution < -0.4 is 14.8 Å². The fraction of sp³-hybridized carbons (Fsp3) is 0.136. The predicted octanol–water partition coefficient (Wildman–Crippen LogP) is 5.15. The van der Waals surface area contributed by atoms with Gasteiger partial charge in [0.1, 0.15) is 11.5 Å². The molecule has 0 aromatic heterocycles. The van der Waals surface area contributed by atoms with Crippen molar-refractivity contribution in [3.63, 3.8) is 0 Å². The van der Waals surface area contributed by atoms with Crippen LogP contribution in [0.25, 0.3) is 0 Å². The van der Waals surface area contributed by atoms with Crippen LogP contribution in [-0.4, -0.2) is 19.0 Å². The molecule has 0 amide bonds. The van der Waals surface area contributed by atoms with Crippen molar-refractivity contribution in [1.29, 1.82) is 0 Å². The summed E-state index contributed by atoms with van der Waals surface area (Å²) in [4.78, 5) is 13.1. The molecule has 136 valence electrons. The predicted molar refractivity (Wildman–Crippen MR) is 106 cm³/mol. The summed E-state index contributed by atoms with van der Waals surface area (Å²) in [5.41, 5.74) is 2.41. The molecule has 3 aromatic rings. The number of Topliss-reactive ketones (excluding diaryl/α,β-unsaturated/α-hetero) is 1. The van der Waals surface area contributed by atoms with E-state index in [-0.39, 0.29) is 11.8 Å². The number of hydrogen-bond donors (Lipinski definition) is 1. The number of ether oxygens (including phenoxy) is 2. The normalized spacial score (nSPS) is 17.7. The van der Waals surface area contributed by atoms with Gasteiger partial charge < -0.3 is 14.8 Å². The van der Waals surface area contributed by atoms with Crippen LogP contribution in [0.15, 0.2) is 72.8 Å². The highest BCUT2D eigenvalue weighted by molar-refractivity contribution is 6.30. The third kappa shape index (κ3) is 3.49. The molecule has 27 heavy (non-hydrogen) atoms. The molecular formula is C22H18ClNO3. The van der Waals surface area contributed by atoms with Crippen molar-refractivity contribution in [2.24, 2.45) is 0 Å². The van der Waals surface area contributed by atoms with Crippen LogP contribution in [0.4, 0.5) is 5.69 Å². The zero-order valence-electron chi connectivity index (χ0n) is 14.7. The topological polar surface area (TPSA) is 47.6 Å². The number of nitrogens with one attached hydrogen (secondary N) is 1. The molecule has 0 aliphatic carbocycles. The van der Waals surface area contributed by atoms with E-state index >= 15 is 0 Å². The highest BCUT2D eigenvalue weighted by atomic mass is 35.5. The molecule has 2 unspecified atom stereocenters. The maximum absolute atomic E-state index is 13.1. The van der Waals surface area contributed by atoms with Crippen molar-refractivity contribution < 1.29 is 14.3 Å². The van der Waals surface area contributed by atoms with Gasteiger partial charge >= 0.3 is 0 Å². The third-order valence-electron chi connectivity index (χ3n) is 4.61. The Morgan fingerprint density at radius 3 is 2.41 bits per heavy atom. The van der Waals surface area contributed by atoms with Gasteiger partial charge in [0.15, 0.2) is 6.10 Å². The average Bonchev–Trinajstić information content (AvgIpc) is 3.07. The standard InChI is InChI=1S/C22H18ClNO3/c1-26-17-12-10-16(11-13-17)24-20-18-4-2-3-5-19(18)27-22(20)21(25)14-6-8-15(23)9-7-14/h2-13,20,22,24H,1H3. The van der Waals surface area contributed by atoms with Gasteiger partial charge in [-0.2, -0.15) is 0 Å². The molecule has 3 aromatic carbocycles. The van der Waals surface area contributed by atoms with Gasteiger partial charge in [0.05, 0.1) is 13.2 Å². The van der Waals surface area contributed by atoms with Crippen LogP contribution in [-0.2, 0) is 0 Å². The lowest BCUT2D eigenvalue weighted by Gasteiger charge is -2.21. The van der Waals surface area contributed by atoms with E-state index in [1.807, 2.05) is 48.5 Å². The largest absolute Gasteiger partial charge is 0.497 e. The molecule has 4 rings (SSSR count). The number of hydrogen-bond acceptors (Lipinski definition) is 4. The van der Waals surface area contributed by atoms with E-state index in [0.29, 0.717) is 10.6 Å². The number of para-hydroxylation sites is 1. The first-order chi connectivity index (χ1) is 13.2. The molecule has 0 radical (unpaired) electrons. The number of carbonyl (C=O) groups excluding carboxylic acids is 1. The first-order valence-corrected chi connectivity index (χ1v) is 8.99. The first kappa shape index (κ1) is 17.4. The number of halogens is 1. The molecule has 0 bridgehead atoms. The number of carbonyl (C=O) groups is 1. The second kappa shape index (κ2) is 7.33. The summed E-state index contributed by atoms with van der Waals surface area (Å²) in [6.45, 7) is 0. The minimum atomic E-state index is -0.661. The summed E-state index contributed by atoms with van der Waals surface area (Å²) in [6.07, 6.45) is -0.661. The van der Waals surface area contributed by atoms with Gasteiger partial charge in [-0.15, -0.1) is 0 Å². The van der Waals surface area contributed by atoms with Crippen molar-refractivity contribution in [2.75, 3.05) is 12.4 Å². The minimum absolute atomic E-state index is 0.0890. The van der Waals surface area contributed by atoms with E-state index in [1.165, 1.54) is 0 Å². The second-order valence-electron chi connectivity index (χ2n) is 6.30. The van der Waals surface area contributed by atoms with Gasteiger partial charge in [-0.1, -0.05) is 29.8 Å². The molecule has 1 heterocycles. The summed E-state index contributed by atoms with van der Waals surface area (Å²) < 4.78 is 11.2. The van der Waals surface area contributed by atoms with Gasteiger partial charge in [-0.05, 0) is 54.6 Å². The van der Waals surface area contributed by atoms with E-state index in [2.05, 4.69) is 5.32 Å². The van der Waals surface area contributed by atoms with Crippen LogP contribution in [0.1, 0.15) is 22.0 Å². The first-order valence-electron chi connectivity index (χ1n) is 8.61. The highest BCUT2D eigenvalue weighted by Gasteiger charge is 2.39. The zero-order valence-corrected chi connectivity index (χ0v) is 15.4. The van der Waals surface area contributed by atoms with E-state index in [1.54, 1.807) is 31.4 Å². The van der Waals surface area contributed by atoms with E-state index in [0.717, 1.165) is 22.7 Å².